The summed E-state index contributed by atoms with van der Waals surface area (Å²) in [6, 6.07) is 8.33. The van der Waals surface area contributed by atoms with Gasteiger partial charge in [-0.25, -0.2) is 4.98 Å². The Labute approximate surface area is 140 Å². The van der Waals surface area contributed by atoms with Crippen LogP contribution in [0.25, 0.3) is 33.1 Å². The summed E-state index contributed by atoms with van der Waals surface area (Å²) in [5, 5.41) is 9.82. The van der Waals surface area contributed by atoms with Crippen molar-refractivity contribution in [1.82, 2.24) is 19.7 Å². The van der Waals surface area contributed by atoms with E-state index in [0.29, 0.717) is 5.15 Å². The lowest BCUT2D eigenvalue weighted by molar-refractivity contribution is 0.973. The van der Waals surface area contributed by atoms with E-state index < -0.39 is 0 Å². The summed E-state index contributed by atoms with van der Waals surface area (Å²) in [5.74, 6) is 0. The van der Waals surface area contributed by atoms with Crippen LogP contribution in [-0.4, -0.2) is 19.7 Å². The van der Waals surface area contributed by atoms with Crippen LogP contribution < -0.4 is 0 Å². The molecule has 0 unspecified atom stereocenters. The molecule has 0 aliphatic rings. The van der Waals surface area contributed by atoms with Gasteiger partial charge in [0.05, 0.1) is 23.4 Å². The number of benzene rings is 1. The second kappa shape index (κ2) is 6.05. The maximum atomic E-state index is 5.99. The van der Waals surface area contributed by atoms with Crippen molar-refractivity contribution in [2.24, 2.45) is 7.05 Å². The van der Waals surface area contributed by atoms with Gasteiger partial charge in [-0.05, 0) is 36.8 Å². The molecule has 0 aliphatic carbocycles. The molecule has 3 heterocycles. The van der Waals surface area contributed by atoms with Gasteiger partial charge in [0.2, 0.25) is 0 Å². The second-order valence-electron chi connectivity index (χ2n) is 5.28. The molecule has 0 aliphatic heterocycles. The van der Waals surface area contributed by atoms with Gasteiger partial charge in [-0.2, -0.15) is 5.10 Å². The molecule has 0 amide bonds. The summed E-state index contributed by atoms with van der Waals surface area (Å²) < 4.78 is 2.15. The summed E-state index contributed by atoms with van der Waals surface area (Å²) in [7, 11) is 2.05. The molecule has 0 spiro atoms. The Morgan fingerprint density at radius 3 is 2.61 bits per heavy atom. The van der Waals surface area contributed by atoms with E-state index in [1.54, 1.807) is 0 Å². The number of aryl methyl sites for hydroxylation is 2. The third-order valence-corrected chi connectivity index (χ3v) is 4.16. The molecule has 4 aromatic rings. The number of pyridine rings is 1. The molecular formula is C18H19ClN4. The Morgan fingerprint density at radius 2 is 1.83 bits per heavy atom. The van der Waals surface area contributed by atoms with Gasteiger partial charge in [-0.3, -0.25) is 5.10 Å². The molecule has 4 rings (SSSR count). The average molecular weight is 327 g/mol. The summed E-state index contributed by atoms with van der Waals surface area (Å²) in [6.07, 6.45) is 3.66. The largest absolute Gasteiger partial charge is 0.342 e. The van der Waals surface area contributed by atoms with Crippen LogP contribution >= 0.6 is 11.6 Å². The Balaban J connectivity index is 0.000000753. The molecule has 1 aromatic carbocycles. The molecule has 1 N–H and O–H groups in total. The minimum Gasteiger partial charge on any atom is -0.342 e. The summed E-state index contributed by atoms with van der Waals surface area (Å²) in [6.45, 7) is 6.11. The van der Waals surface area contributed by atoms with Crippen molar-refractivity contribution in [2.45, 2.75) is 20.8 Å². The van der Waals surface area contributed by atoms with E-state index in [4.69, 9.17) is 11.6 Å². The first-order chi connectivity index (χ1) is 11.1. The lowest BCUT2D eigenvalue weighted by Gasteiger charge is -2.08. The number of nitrogens with one attached hydrogen (secondary N) is 1. The van der Waals surface area contributed by atoms with Gasteiger partial charge in [0, 0.05) is 29.1 Å². The summed E-state index contributed by atoms with van der Waals surface area (Å²) in [5.41, 5.74) is 5.67. The number of H-pyrrole nitrogens is 1. The highest BCUT2D eigenvalue weighted by Gasteiger charge is 2.12. The third-order valence-electron chi connectivity index (χ3n) is 3.96. The number of hydrogen-bond donors (Lipinski definition) is 1. The van der Waals surface area contributed by atoms with Crippen LogP contribution in [0, 0.1) is 6.92 Å². The molecule has 0 bridgehead atoms. The maximum absolute atomic E-state index is 5.99. The molecule has 5 heteroatoms. The number of aromatic amines is 1. The first kappa shape index (κ1) is 15.6. The number of halogens is 1. The molecule has 0 radical (unpaired) electrons. The molecule has 118 valence electrons. The van der Waals surface area contributed by atoms with E-state index in [1.807, 2.05) is 39.4 Å². The quantitative estimate of drug-likeness (QED) is 0.494. The Hall–Kier alpha value is -2.33. The molecule has 4 nitrogen and oxygen atoms in total. The van der Waals surface area contributed by atoms with Crippen LogP contribution in [0.1, 0.15) is 19.4 Å². The van der Waals surface area contributed by atoms with E-state index in [1.165, 1.54) is 11.1 Å². The molecule has 0 atom stereocenters. The van der Waals surface area contributed by atoms with Crippen molar-refractivity contribution in [1.29, 1.82) is 0 Å². The van der Waals surface area contributed by atoms with E-state index in [2.05, 4.69) is 44.9 Å². The third kappa shape index (κ3) is 2.59. The van der Waals surface area contributed by atoms with Gasteiger partial charge >= 0.3 is 0 Å². The smallest absolute Gasteiger partial charge is 0.129 e. The minimum atomic E-state index is 0.515. The molecule has 23 heavy (non-hydrogen) atoms. The van der Waals surface area contributed by atoms with Crippen LogP contribution in [0.15, 0.2) is 36.7 Å². The zero-order chi connectivity index (χ0) is 16.6. The van der Waals surface area contributed by atoms with Crippen LogP contribution in [0.5, 0.6) is 0 Å². The number of aromatic nitrogens is 4. The Kier molecular flexibility index (Phi) is 4.09. The lowest BCUT2D eigenvalue weighted by Crippen LogP contribution is -1.93. The average Bonchev–Trinajstić information content (AvgIpc) is 3.12. The van der Waals surface area contributed by atoms with Gasteiger partial charge in [0.1, 0.15) is 5.15 Å². The van der Waals surface area contributed by atoms with Crippen molar-refractivity contribution < 1.29 is 0 Å². The monoisotopic (exact) mass is 326 g/mol. The Bertz CT molecular complexity index is 981. The van der Waals surface area contributed by atoms with Gasteiger partial charge in [-0.1, -0.05) is 25.4 Å². The summed E-state index contributed by atoms with van der Waals surface area (Å²) in [4.78, 5) is 4.17. The molecule has 3 aromatic heterocycles. The first-order valence-electron chi connectivity index (χ1n) is 7.68. The summed E-state index contributed by atoms with van der Waals surface area (Å²) >= 11 is 5.99. The number of fused-ring (bicyclic) bond motifs is 2. The molecular weight excluding hydrogens is 308 g/mol. The van der Waals surface area contributed by atoms with Gasteiger partial charge in [-0.15, -0.1) is 0 Å². The van der Waals surface area contributed by atoms with E-state index >= 15 is 0 Å². The van der Waals surface area contributed by atoms with Gasteiger partial charge < -0.3 is 4.57 Å². The van der Waals surface area contributed by atoms with E-state index in [9.17, 15) is 0 Å². The standard InChI is InChI=1S/C16H13ClN4.C2H6/c1-9-3-13-11(7-19-20-13)4-12(9)14-5-10-6-16(17)18-8-15(10)21(14)2;1-2/h3-8H,1-2H3,(H,19,20);1-2H3. The normalized spacial score (nSPS) is 10.8. The highest BCUT2D eigenvalue weighted by Crippen LogP contribution is 2.32. The van der Waals surface area contributed by atoms with Crippen LogP contribution in [0.4, 0.5) is 0 Å². The molecule has 0 fully saturated rings. The Morgan fingerprint density at radius 1 is 1.04 bits per heavy atom. The predicted molar refractivity (Wildman–Crippen MR) is 96.9 cm³/mol. The van der Waals surface area contributed by atoms with E-state index in [-0.39, 0.29) is 0 Å². The zero-order valence-corrected chi connectivity index (χ0v) is 14.4. The van der Waals surface area contributed by atoms with Crippen molar-refractivity contribution >= 4 is 33.4 Å². The maximum Gasteiger partial charge on any atom is 0.129 e. The van der Waals surface area contributed by atoms with Crippen molar-refractivity contribution in [3.63, 3.8) is 0 Å². The van der Waals surface area contributed by atoms with Gasteiger partial charge in [0.25, 0.3) is 0 Å². The van der Waals surface area contributed by atoms with E-state index in [0.717, 1.165) is 27.5 Å². The molecule has 0 saturated carbocycles. The fourth-order valence-electron chi connectivity index (χ4n) is 2.84. The topological polar surface area (TPSA) is 46.5 Å². The molecule has 0 saturated heterocycles. The minimum absolute atomic E-state index is 0.515. The first-order valence-corrected chi connectivity index (χ1v) is 8.06. The lowest BCUT2D eigenvalue weighted by atomic mass is 10.0. The highest BCUT2D eigenvalue weighted by molar-refractivity contribution is 6.30. The fraction of sp³-hybridized carbons (Fsp3) is 0.222. The fourth-order valence-corrected chi connectivity index (χ4v) is 3.01. The SMILES string of the molecule is CC.Cc1cc2[nH]ncc2cc1-c1cc2cc(Cl)ncc2n1C. The number of nitrogens with zero attached hydrogens (tertiary/aromatic N) is 3. The van der Waals surface area contributed by atoms with Crippen molar-refractivity contribution in [3.05, 3.63) is 47.4 Å². The highest BCUT2D eigenvalue weighted by atomic mass is 35.5. The number of rotatable bonds is 1. The predicted octanol–water partition coefficient (Wildman–Crippen LogP) is 5.10. The van der Waals surface area contributed by atoms with Crippen LogP contribution in [-0.2, 0) is 7.05 Å². The van der Waals surface area contributed by atoms with Gasteiger partial charge in [0.15, 0.2) is 0 Å². The van der Waals surface area contributed by atoms with Crippen molar-refractivity contribution in [2.75, 3.05) is 0 Å². The van der Waals surface area contributed by atoms with Crippen molar-refractivity contribution in [3.8, 4) is 11.3 Å². The van der Waals surface area contributed by atoms with Crippen LogP contribution in [0.3, 0.4) is 0 Å². The zero-order valence-electron chi connectivity index (χ0n) is 13.7. The second-order valence-corrected chi connectivity index (χ2v) is 5.67. The van der Waals surface area contributed by atoms with Crippen LogP contribution in [0.2, 0.25) is 5.15 Å². The number of hydrogen-bond acceptors (Lipinski definition) is 2.